The zero-order valence-electron chi connectivity index (χ0n) is 13.4. The maximum atomic E-state index is 13.0. The fraction of sp³-hybridized carbons (Fsp3) is 0.389. The minimum absolute atomic E-state index is 0.0953. The van der Waals surface area contributed by atoms with Crippen LogP contribution in [0.5, 0.6) is 0 Å². The Balaban J connectivity index is 1.77. The molecule has 1 unspecified atom stereocenters. The smallest absolute Gasteiger partial charge is 0.289 e. The first kappa shape index (κ1) is 15.7. The number of benzene rings is 1. The highest BCUT2D eigenvalue weighted by Gasteiger charge is 2.36. The van der Waals surface area contributed by atoms with Crippen LogP contribution < -0.4 is 5.73 Å². The van der Waals surface area contributed by atoms with Crippen LogP contribution in [0.2, 0.25) is 0 Å². The Morgan fingerprint density at radius 2 is 1.96 bits per heavy atom. The molecule has 0 aliphatic carbocycles. The van der Waals surface area contributed by atoms with E-state index in [0.717, 1.165) is 12.0 Å². The molecular formula is C18H21FN2O2. The molecule has 1 aliphatic heterocycles. The Kier molecular flexibility index (Phi) is 3.98. The Hall–Kier alpha value is -2.14. The van der Waals surface area contributed by atoms with E-state index in [1.54, 1.807) is 29.2 Å². The predicted octanol–water partition coefficient (Wildman–Crippen LogP) is 3.29. The van der Waals surface area contributed by atoms with E-state index in [1.807, 2.05) is 0 Å². The summed E-state index contributed by atoms with van der Waals surface area (Å²) in [4.78, 5) is 14.4. The van der Waals surface area contributed by atoms with E-state index in [9.17, 15) is 9.18 Å². The summed E-state index contributed by atoms with van der Waals surface area (Å²) < 4.78 is 18.7. The number of amides is 1. The van der Waals surface area contributed by atoms with Crippen LogP contribution in [0, 0.1) is 11.2 Å². The van der Waals surface area contributed by atoms with Gasteiger partial charge in [0.1, 0.15) is 11.6 Å². The average Bonchev–Trinajstić information content (AvgIpc) is 3.00. The molecule has 5 heteroatoms. The summed E-state index contributed by atoms with van der Waals surface area (Å²) >= 11 is 0. The molecule has 1 aromatic heterocycles. The maximum absolute atomic E-state index is 13.0. The molecular weight excluding hydrogens is 295 g/mol. The molecule has 3 rings (SSSR count). The molecule has 1 atom stereocenters. The van der Waals surface area contributed by atoms with Crippen molar-refractivity contribution in [3.8, 4) is 11.3 Å². The van der Waals surface area contributed by atoms with Crippen molar-refractivity contribution < 1.29 is 13.6 Å². The van der Waals surface area contributed by atoms with Gasteiger partial charge < -0.3 is 15.1 Å². The summed E-state index contributed by atoms with van der Waals surface area (Å²) in [5, 5.41) is 0. The zero-order chi connectivity index (χ0) is 16.6. The van der Waals surface area contributed by atoms with Crippen LogP contribution in [0.3, 0.4) is 0 Å². The van der Waals surface area contributed by atoms with E-state index in [-0.39, 0.29) is 23.2 Å². The van der Waals surface area contributed by atoms with Crippen molar-refractivity contribution in [3.63, 3.8) is 0 Å². The quantitative estimate of drug-likeness (QED) is 0.925. The van der Waals surface area contributed by atoms with Crippen LogP contribution in [-0.2, 0) is 0 Å². The number of piperidine rings is 1. The second-order valence-electron chi connectivity index (χ2n) is 6.78. The van der Waals surface area contributed by atoms with Crippen LogP contribution in [-0.4, -0.2) is 29.9 Å². The topological polar surface area (TPSA) is 59.5 Å². The van der Waals surface area contributed by atoms with Crippen molar-refractivity contribution >= 4 is 5.91 Å². The number of nitrogens with two attached hydrogens (primary N) is 1. The van der Waals surface area contributed by atoms with Crippen molar-refractivity contribution in [2.45, 2.75) is 26.3 Å². The van der Waals surface area contributed by atoms with Gasteiger partial charge in [0.15, 0.2) is 5.76 Å². The van der Waals surface area contributed by atoms with Gasteiger partial charge in [-0.1, -0.05) is 13.8 Å². The second kappa shape index (κ2) is 5.81. The van der Waals surface area contributed by atoms with Crippen LogP contribution in [0.1, 0.15) is 30.8 Å². The van der Waals surface area contributed by atoms with E-state index in [1.165, 1.54) is 12.1 Å². The summed E-state index contributed by atoms with van der Waals surface area (Å²) in [5.74, 6) is 0.429. The standard InChI is InChI=1S/C18H21FN2O2/c1-18(2)11-21(10-9-16(18)20)17(22)15-8-7-14(23-15)12-3-5-13(19)6-4-12/h3-8,16H,9-11,20H2,1-2H3. The van der Waals surface area contributed by atoms with Crippen molar-refractivity contribution in [1.82, 2.24) is 4.90 Å². The first-order valence-corrected chi connectivity index (χ1v) is 7.77. The molecule has 1 saturated heterocycles. The minimum Gasteiger partial charge on any atom is -0.451 e. The third-order valence-electron chi connectivity index (χ3n) is 4.54. The number of hydrogen-bond donors (Lipinski definition) is 1. The molecule has 2 aromatic rings. The van der Waals surface area contributed by atoms with Gasteiger partial charge in [-0.2, -0.15) is 0 Å². The Morgan fingerprint density at radius 3 is 2.61 bits per heavy atom. The lowest BCUT2D eigenvalue weighted by atomic mass is 9.79. The molecule has 0 bridgehead atoms. The minimum atomic E-state index is -0.302. The molecule has 1 aromatic carbocycles. The predicted molar refractivity (Wildman–Crippen MR) is 86.4 cm³/mol. The Morgan fingerprint density at radius 1 is 1.26 bits per heavy atom. The number of carbonyl (C=O) groups is 1. The fourth-order valence-electron chi connectivity index (χ4n) is 2.93. The van der Waals surface area contributed by atoms with Crippen LogP contribution in [0.25, 0.3) is 11.3 Å². The molecule has 1 amide bonds. The largest absolute Gasteiger partial charge is 0.451 e. The van der Waals surface area contributed by atoms with Crippen molar-refractivity contribution in [2.75, 3.05) is 13.1 Å². The fourth-order valence-corrected chi connectivity index (χ4v) is 2.93. The van der Waals surface area contributed by atoms with Crippen molar-refractivity contribution in [3.05, 3.63) is 48.0 Å². The number of carbonyl (C=O) groups excluding carboxylic acids is 1. The molecule has 23 heavy (non-hydrogen) atoms. The van der Waals surface area contributed by atoms with Crippen molar-refractivity contribution in [1.29, 1.82) is 0 Å². The number of halogens is 1. The third kappa shape index (κ3) is 3.15. The maximum Gasteiger partial charge on any atom is 0.289 e. The van der Waals surface area contributed by atoms with Gasteiger partial charge in [0, 0.05) is 24.7 Å². The summed E-state index contributed by atoms with van der Waals surface area (Å²) in [6.07, 6.45) is 0.782. The molecule has 2 N–H and O–H groups in total. The monoisotopic (exact) mass is 316 g/mol. The van der Waals surface area contributed by atoms with E-state index < -0.39 is 0 Å². The molecule has 122 valence electrons. The van der Waals surface area contributed by atoms with Gasteiger partial charge >= 0.3 is 0 Å². The van der Waals surface area contributed by atoms with Gasteiger partial charge in [0.2, 0.25) is 0 Å². The first-order valence-electron chi connectivity index (χ1n) is 7.77. The summed E-state index contributed by atoms with van der Waals surface area (Å²) in [6.45, 7) is 5.39. The first-order chi connectivity index (χ1) is 10.9. The number of hydrogen-bond acceptors (Lipinski definition) is 3. The number of nitrogens with zero attached hydrogens (tertiary/aromatic N) is 1. The summed E-state index contributed by atoms with van der Waals surface area (Å²) in [6, 6.07) is 9.50. The highest BCUT2D eigenvalue weighted by atomic mass is 19.1. The van der Waals surface area contributed by atoms with Gasteiger partial charge in [-0.3, -0.25) is 4.79 Å². The highest BCUT2D eigenvalue weighted by molar-refractivity contribution is 5.92. The number of furan rings is 1. The lowest BCUT2D eigenvalue weighted by molar-refractivity contribution is 0.0504. The molecule has 2 heterocycles. The summed E-state index contributed by atoms with van der Waals surface area (Å²) in [5.41, 5.74) is 6.75. The molecule has 0 saturated carbocycles. The number of likely N-dealkylation sites (tertiary alicyclic amines) is 1. The lowest BCUT2D eigenvalue weighted by Gasteiger charge is -2.42. The van der Waals surface area contributed by atoms with E-state index in [4.69, 9.17) is 10.2 Å². The Bertz CT molecular complexity index is 706. The summed E-state index contributed by atoms with van der Waals surface area (Å²) in [7, 11) is 0. The van der Waals surface area contributed by atoms with Gasteiger partial charge in [-0.05, 0) is 48.2 Å². The molecule has 0 spiro atoms. The normalized spacial score (nSPS) is 20.5. The number of rotatable bonds is 2. The Labute approximate surface area is 135 Å². The second-order valence-corrected chi connectivity index (χ2v) is 6.78. The van der Waals surface area contributed by atoms with Crippen LogP contribution in [0.15, 0.2) is 40.8 Å². The average molecular weight is 316 g/mol. The van der Waals surface area contributed by atoms with Gasteiger partial charge in [0.05, 0.1) is 0 Å². The molecule has 4 nitrogen and oxygen atoms in total. The highest BCUT2D eigenvalue weighted by Crippen LogP contribution is 2.29. The SMILES string of the molecule is CC1(C)CN(C(=O)c2ccc(-c3ccc(F)cc3)o2)CCC1N. The van der Waals surface area contributed by atoms with E-state index in [0.29, 0.717) is 24.6 Å². The van der Waals surface area contributed by atoms with Crippen molar-refractivity contribution in [2.24, 2.45) is 11.1 Å². The van der Waals surface area contributed by atoms with Gasteiger partial charge in [-0.25, -0.2) is 4.39 Å². The molecule has 0 radical (unpaired) electrons. The van der Waals surface area contributed by atoms with E-state index >= 15 is 0 Å². The van der Waals surface area contributed by atoms with Crippen LogP contribution in [0.4, 0.5) is 4.39 Å². The van der Waals surface area contributed by atoms with Gasteiger partial charge in [-0.15, -0.1) is 0 Å². The molecule has 1 fully saturated rings. The third-order valence-corrected chi connectivity index (χ3v) is 4.54. The van der Waals surface area contributed by atoms with Crippen LogP contribution >= 0.6 is 0 Å². The molecule has 1 aliphatic rings. The lowest BCUT2D eigenvalue weighted by Crippen LogP contribution is -2.53. The zero-order valence-corrected chi connectivity index (χ0v) is 13.4. The van der Waals surface area contributed by atoms with Gasteiger partial charge in [0.25, 0.3) is 5.91 Å². The van der Waals surface area contributed by atoms with E-state index in [2.05, 4.69) is 13.8 Å².